The maximum atomic E-state index is 6.14. The van der Waals surface area contributed by atoms with Gasteiger partial charge in [-0.2, -0.15) is 0 Å². The van der Waals surface area contributed by atoms with Gasteiger partial charge < -0.3 is 5.32 Å². The van der Waals surface area contributed by atoms with Crippen molar-refractivity contribution >= 4 is 51.8 Å². The van der Waals surface area contributed by atoms with Crippen molar-refractivity contribution in [1.82, 2.24) is 0 Å². The highest BCUT2D eigenvalue weighted by atomic mass is 35.5. The van der Waals surface area contributed by atoms with Gasteiger partial charge in [0.25, 0.3) is 0 Å². The van der Waals surface area contributed by atoms with E-state index >= 15 is 0 Å². The highest BCUT2D eigenvalue weighted by Gasteiger charge is 2.16. The van der Waals surface area contributed by atoms with E-state index in [2.05, 4.69) is 38.2 Å². The summed E-state index contributed by atoms with van der Waals surface area (Å²) in [6.45, 7) is 7.36. The van der Waals surface area contributed by atoms with Crippen LogP contribution in [0.25, 0.3) is 0 Å². The molecule has 2 rings (SSSR count). The van der Waals surface area contributed by atoms with Crippen molar-refractivity contribution in [2.24, 2.45) is 0 Å². The SMILES string of the molecule is CC(C)(C)c1ccc(CNc2cc(Cl)c(Cl)cc2Cl)s1. The van der Waals surface area contributed by atoms with Crippen molar-refractivity contribution < 1.29 is 0 Å². The Labute approximate surface area is 138 Å². The summed E-state index contributed by atoms with van der Waals surface area (Å²) >= 11 is 19.9. The van der Waals surface area contributed by atoms with Crippen LogP contribution in [-0.4, -0.2) is 0 Å². The van der Waals surface area contributed by atoms with Gasteiger partial charge in [0.2, 0.25) is 0 Å². The van der Waals surface area contributed by atoms with E-state index in [0.717, 1.165) is 12.2 Å². The summed E-state index contributed by atoms with van der Waals surface area (Å²) in [6.07, 6.45) is 0. The molecule has 0 radical (unpaired) electrons. The molecule has 0 amide bonds. The Hall–Kier alpha value is -0.410. The molecule has 1 aromatic heterocycles. The monoisotopic (exact) mass is 347 g/mol. The fraction of sp³-hybridized carbons (Fsp3) is 0.333. The summed E-state index contributed by atoms with van der Waals surface area (Å²) in [6, 6.07) is 7.73. The zero-order valence-corrected chi connectivity index (χ0v) is 14.6. The smallest absolute Gasteiger partial charge is 0.0653 e. The number of rotatable bonds is 3. The summed E-state index contributed by atoms with van der Waals surface area (Å²) in [7, 11) is 0. The third-order valence-corrected chi connectivity index (χ3v) is 5.41. The molecule has 1 aromatic carbocycles. The maximum Gasteiger partial charge on any atom is 0.0653 e. The van der Waals surface area contributed by atoms with Crippen molar-refractivity contribution in [2.75, 3.05) is 5.32 Å². The predicted molar refractivity (Wildman–Crippen MR) is 91.8 cm³/mol. The van der Waals surface area contributed by atoms with Crippen molar-refractivity contribution in [3.8, 4) is 0 Å². The van der Waals surface area contributed by atoms with Gasteiger partial charge >= 0.3 is 0 Å². The van der Waals surface area contributed by atoms with Gasteiger partial charge in [-0.05, 0) is 29.7 Å². The van der Waals surface area contributed by atoms with Gasteiger partial charge in [0, 0.05) is 16.3 Å². The molecule has 0 atom stereocenters. The fourth-order valence-electron chi connectivity index (χ4n) is 1.72. The number of anilines is 1. The Balaban J connectivity index is 2.09. The first kappa shape index (κ1) is 16.0. The Morgan fingerprint density at radius 2 is 1.65 bits per heavy atom. The number of hydrogen-bond acceptors (Lipinski definition) is 2. The summed E-state index contributed by atoms with van der Waals surface area (Å²) in [5.74, 6) is 0. The molecule has 0 aliphatic heterocycles. The van der Waals surface area contributed by atoms with E-state index in [4.69, 9.17) is 34.8 Å². The van der Waals surface area contributed by atoms with Crippen LogP contribution in [0.4, 0.5) is 5.69 Å². The van der Waals surface area contributed by atoms with E-state index in [1.54, 1.807) is 12.1 Å². The maximum absolute atomic E-state index is 6.14. The zero-order chi connectivity index (χ0) is 14.9. The Bertz CT molecular complexity index is 614. The van der Waals surface area contributed by atoms with Crippen molar-refractivity contribution in [2.45, 2.75) is 32.7 Å². The molecule has 5 heteroatoms. The van der Waals surface area contributed by atoms with Crippen LogP contribution >= 0.6 is 46.1 Å². The lowest BCUT2D eigenvalue weighted by atomic mass is 9.95. The molecule has 0 bridgehead atoms. The average molecular weight is 349 g/mol. The first-order valence-electron chi connectivity index (χ1n) is 6.25. The minimum Gasteiger partial charge on any atom is -0.379 e. The van der Waals surface area contributed by atoms with E-state index < -0.39 is 0 Å². The number of nitrogens with one attached hydrogen (secondary N) is 1. The first-order valence-corrected chi connectivity index (χ1v) is 8.20. The van der Waals surface area contributed by atoms with Crippen molar-refractivity contribution in [3.63, 3.8) is 0 Å². The van der Waals surface area contributed by atoms with Gasteiger partial charge in [-0.25, -0.2) is 0 Å². The summed E-state index contributed by atoms with van der Waals surface area (Å²) in [5, 5.41) is 4.84. The standard InChI is InChI=1S/C15H16Cl3NS/c1-15(2,3)14-5-4-9(20-14)8-19-13-7-11(17)10(16)6-12(13)18/h4-7,19H,8H2,1-3H3. The molecule has 0 aliphatic carbocycles. The third kappa shape index (κ3) is 3.82. The normalized spacial score (nSPS) is 11.7. The van der Waals surface area contributed by atoms with Gasteiger partial charge in [0.1, 0.15) is 0 Å². The third-order valence-electron chi connectivity index (χ3n) is 2.86. The minimum atomic E-state index is 0.185. The number of thiophene rings is 1. The molecule has 20 heavy (non-hydrogen) atoms. The lowest BCUT2D eigenvalue weighted by Crippen LogP contribution is -2.07. The Kier molecular flexibility index (Phi) is 4.91. The molecule has 1 nitrogen and oxygen atoms in total. The van der Waals surface area contributed by atoms with Gasteiger partial charge in [0.15, 0.2) is 0 Å². The van der Waals surface area contributed by atoms with Crippen LogP contribution in [0.3, 0.4) is 0 Å². The van der Waals surface area contributed by atoms with E-state index in [9.17, 15) is 0 Å². The molecule has 0 aliphatic rings. The molecular weight excluding hydrogens is 333 g/mol. The fourth-order valence-corrected chi connectivity index (χ4v) is 3.34. The molecule has 1 heterocycles. The van der Waals surface area contributed by atoms with Gasteiger partial charge in [-0.3, -0.25) is 0 Å². The molecule has 0 unspecified atom stereocenters. The Morgan fingerprint density at radius 3 is 2.25 bits per heavy atom. The van der Waals surface area contributed by atoms with E-state index in [-0.39, 0.29) is 5.41 Å². The topological polar surface area (TPSA) is 12.0 Å². The lowest BCUT2D eigenvalue weighted by Gasteiger charge is -2.15. The quantitative estimate of drug-likeness (QED) is 0.615. The number of halogens is 3. The van der Waals surface area contributed by atoms with E-state index in [1.165, 1.54) is 9.75 Å². The summed E-state index contributed by atoms with van der Waals surface area (Å²) in [4.78, 5) is 2.63. The second-order valence-electron chi connectivity index (χ2n) is 5.62. The summed E-state index contributed by atoms with van der Waals surface area (Å²) < 4.78 is 0. The van der Waals surface area contributed by atoms with E-state index in [1.807, 2.05) is 11.3 Å². The molecule has 0 spiro atoms. The average Bonchev–Trinajstić information content (AvgIpc) is 2.80. The molecule has 0 saturated carbocycles. The van der Waals surface area contributed by atoms with E-state index in [0.29, 0.717) is 15.1 Å². The minimum absolute atomic E-state index is 0.185. The highest BCUT2D eigenvalue weighted by molar-refractivity contribution is 7.12. The molecule has 0 saturated heterocycles. The largest absolute Gasteiger partial charge is 0.379 e. The van der Waals surface area contributed by atoms with Gasteiger partial charge in [-0.1, -0.05) is 55.6 Å². The molecule has 1 N–H and O–H groups in total. The number of benzene rings is 1. The highest BCUT2D eigenvalue weighted by Crippen LogP contribution is 2.33. The molecule has 2 aromatic rings. The summed E-state index contributed by atoms with van der Waals surface area (Å²) in [5.41, 5.74) is 0.983. The van der Waals surface area contributed by atoms with Crippen LogP contribution in [0.1, 0.15) is 30.5 Å². The lowest BCUT2D eigenvalue weighted by molar-refractivity contribution is 0.604. The van der Waals surface area contributed by atoms with Crippen LogP contribution in [0.2, 0.25) is 15.1 Å². The van der Waals surface area contributed by atoms with Crippen LogP contribution in [0.15, 0.2) is 24.3 Å². The first-order chi connectivity index (χ1) is 9.27. The van der Waals surface area contributed by atoms with Crippen molar-refractivity contribution in [3.05, 3.63) is 49.1 Å². The second kappa shape index (κ2) is 6.15. The van der Waals surface area contributed by atoms with Gasteiger partial charge in [-0.15, -0.1) is 11.3 Å². The van der Waals surface area contributed by atoms with Crippen LogP contribution in [-0.2, 0) is 12.0 Å². The zero-order valence-electron chi connectivity index (χ0n) is 11.6. The van der Waals surface area contributed by atoms with Crippen LogP contribution in [0.5, 0.6) is 0 Å². The molecule has 108 valence electrons. The van der Waals surface area contributed by atoms with Crippen LogP contribution < -0.4 is 5.32 Å². The molecule has 0 fully saturated rings. The van der Waals surface area contributed by atoms with Crippen molar-refractivity contribution in [1.29, 1.82) is 0 Å². The number of hydrogen-bond donors (Lipinski definition) is 1. The van der Waals surface area contributed by atoms with Crippen LogP contribution in [0, 0.1) is 0 Å². The molecular formula is C15H16Cl3NS. The second-order valence-corrected chi connectivity index (χ2v) is 8.01. The Morgan fingerprint density at radius 1 is 1.00 bits per heavy atom. The predicted octanol–water partition coefficient (Wildman–Crippen LogP) is 6.62. The van der Waals surface area contributed by atoms with Gasteiger partial charge in [0.05, 0.1) is 20.8 Å².